The lowest BCUT2D eigenvalue weighted by molar-refractivity contribution is -0.517. The molecule has 0 saturated carbocycles. The SMILES string of the molecule is CCOC(=O)C[N+]1=Cc2cccn2CC1. The molecule has 1 aliphatic heterocycles. The maximum atomic E-state index is 11.3. The molecule has 80 valence electrons. The van der Waals surface area contributed by atoms with E-state index in [-0.39, 0.29) is 5.97 Å². The lowest BCUT2D eigenvalue weighted by Gasteiger charge is -2.11. The number of esters is 1. The van der Waals surface area contributed by atoms with Crippen LogP contribution in [-0.4, -0.2) is 41.0 Å². The first-order valence-electron chi connectivity index (χ1n) is 5.19. The number of nitrogens with zero attached hydrogens (tertiary/aromatic N) is 2. The monoisotopic (exact) mass is 207 g/mol. The topological polar surface area (TPSA) is 34.2 Å². The number of ether oxygens (including phenoxy) is 1. The van der Waals surface area contributed by atoms with Gasteiger partial charge in [0.15, 0.2) is 12.8 Å². The van der Waals surface area contributed by atoms with Crippen molar-refractivity contribution in [3.63, 3.8) is 0 Å². The molecule has 0 amide bonds. The van der Waals surface area contributed by atoms with Crippen molar-refractivity contribution in [1.29, 1.82) is 0 Å². The Morgan fingerprint density at radius 3 is 3.33 bits per heavy atom. The van der Waals surface area contributed by atoms with Crippen LogP contribution in [0.3, 0.4) is 0 Å². The van der Waals surface area contributed by atoms with E-state index in [1.54, 1.807) is 0 Å². The van der Waals surface area contributed by atoms with Gasteiger partial charge in [0, 0.05) is 6.20 Å². The average Bonchev–Trinajstić information content (AvgIpc) is 2.65. The molecule has 0 atom stereocenters. The molecule has 0 unspecified atom stereocenters. The summed E-state index contributed by atoms with van der Waals surface area (Å²) in [5.41, 5.74) is 1.14. The molecule has 4 nitrogen and oxygen atoms in total. The highest BCUT2D eigenvalue weighted by Crippen LogP contribution is 2.03. The minimum atomic E-state index is -0.159. The summed E-state index contributed by atoms with van der Waals surface area (Å²) in [6, 6.07) is 4.05. The number of hydrogen-bond donors (Lipinski definition) is 0. The summed E-state index contributed by atoms with van der Waals surface area (Å²) in [5, 5.41) is 0. The molecule has 1 aliphatic rings. The minimum absolute atomic E-state index is 0.159. The normalized spacial score (nSPS) is 14.3. The van der Waals surface area contributed by atoms with Crippen molar-refractivity contribution in [1.82, 2.24) is 4.57 Å². The van der Waals surface area contributed by atoms with Crippen LogP contribution in [-0.2, 0) is 16.1 Å². The molecule has 1 aromatic rings. The summed E-state index contributed by atoms with van der Waals surface area (Å²) in [7, 11) is 0. The summed E-state index contributed by atoms with van der Waals surface area (Å²) in [4.78, 5) is 11.3. The third-order valence-corrected chi connectivity index (χ3v) is 2.45. The van der Waals surface area contributed by atoms with Crippen molar-refractivity contribution < 1.29 is 14.1 Å². The molecule has 2 rings (SSSR count). The van der Waals surface area contributed by atoms with Gasteiger partial charge >= 0.3 is 5.97 Å². The Bertz CT molecular complexity index is 393. The number of carbonyl (C=O) groups excluding carboxylic acids is 1. The van der Waals surface area contributed by atoms with Gasteiger partial charge in [0.2, 0.25) is 6.54 Å². The Morgan fingerprint density at radius 1 is 1.67 bits per heavy atom. The molecule has 0 aliphatic carbocycles. The second-order valence-electron chi connectivity index (χ2n) is 3.53. The highest BCUT2D eigenvalue weighted by atomic mass is 16.5. The molecule has 0 spiro atoms. The van der Waals surface area contributed by atoms with E-state index >= 15 is 0 Å². The van der Waals surface area contributed by atoms with Crippen LogP contribution >= 0.6 is 0 Å². The lowest BCUT2D eigenvalue weighted by atomic mass is 10.3. The third-order valence-electron chi connectivity index (χ3n) is 2.45. The molecule has 15 heavy (non-hydrogen) atoms. The van der Waals surface area contributed by atoms with E-state index in [0.29, 0.717) is 13.2 Å². The molecule has 0 aromatic carbocycles. The maximum Gasteiger partial charge on any atom is 0.372 e. The first-order chi connectivity index (χ1) is 7.29. The quantitative estimate of drug-likeness (QED) is 0.534. The van der Waals surface area contributed by atoms with Crippen molar-refractivity contribution in [3.8, 4) is 0 Å². The predicted octanol–water partition coefficient (Wildman–Crippen LogP) is 0.496. The van der Waals surface area contributed by atoms with Gasteiger partial charge in [0.05, 0.1) is 13.2 Å². The molecule has 0 radical (unpaired) electrons. The van der Waals surface area contributed by atoms with E-state index in [4.69, 9.17) is 4.74 Å². The molecule has 0 bridgehead atoms. The van der Waals surface area contributed by atoms with Gasteiger partial charge < -0.3 is 9.30 Å². The Balaban J connectivity index is 2.04. The van der Waals surface area contributed by atoms with Crippen LogP contribution in [0.1, 0.15) is 12.6 Å². The summed E-state index contributed by atoms with van der Waals surface area (Å²) in [5.74, 6) is -0.159. The lowest BCUT2D eigenvalue weighted by Crippen LogP contribution is -2.31. The molecule has 0 saturated heterocycles. The van der Waals surface area contributed by atoms with Crippen LogP contribution in [0.4, 0.5) is 0 Å². The Kier molecular flexibility index (Phi) is 2.85. The van der Waals surface area contributed by atoms with Gasteiger partial charge in [-0.2, -0.15) is 0 Å². The van der Waals surface area contributed by atoms with Gasteiger partial charge in [-0.1, -0.05) is 0 Å². The smallest absolute Gasteiger partial charge is 0.372 e. The number of rotatable bonds is 3. The second kappa shape index (κ2) is 4.29. The molecular formula is C11H15N2O2+. The number of hydrogen-bond acceptors (Lipinski definition) is 2. The van der Waals surface area contributed by atoms with Crippen molar-refractivity contribution in [3.05, 3.63) is 24.0 Å². The second-order valence-corrected chi connectivity index (χ2v) is 3.53. The average molecular weight is 207 g/mol. The molecule has 0 fully saturated rings. The molecule has 4 heteroatoms. The first kappa shape index (κ1) is 9.96. The fraction of sp³-hybridized carbons (Fsp3) is 0.455. The highest BCUT2D eigenvalue weighted by molar-refractivity contribution is 5.76. The molecule has 2 heterocycles. The number of carbonyl (C=O) groups is 1. The van der Waals surface area contributed by atoms with Crippen LogP contribution < -0.4 is 0 Å². The van der Waals surface area contributed by atoms with Crippen LogP contribution in [0.5, 0.6) is 0 Å². The van der Waals surface area contributed by atoms with Crippen LogP contribution in [0, 0.1) is 0 Å². The van der Waals surface area contributed by atoms with Gasteiger partial charge in [0.1, 0.15) is 5.69 Å². The van der Waals surface area contributed by atoms with E-state index < -0.39 is 0 Å². The predicted molar refractivity (Wildman–Crippen MR) is 56.2 cm³/mol. The third kappa shape index (κ3) is 2.26. The zero-order valence-electron chi connectivity index (χ0n) is 8.85. The van der Waals surface area contributed by atoms with Crippen LogP contribution in [0.25, 0.3) is 0 Å². The highest BCUT2D eigenvalue weighted by Gasteiger charge is 2.18. The van der Waals surface area contributed by atoms with E-state index in [9.17, 15) is 4.79 Å². The van der Waals surface area contributed by atoms with Crippen molar-refractivity contribution in [2.24, 2.45) is 0 Å². The van der Waals surface area contributed by atoms with Crippen LogP contribution in [0.2, 0.25) is 0 Å². The minimum Gasteiger partial charge on any atom is -0.461 e. The summed E-state index contributed by atoms with van der Waals surface area (Å²) >= 11 is 0. The molecule has 1 aromatic heterocycles. The standard InChI is InChI=1S/C11H15N2O2/c1-2-15-11(14)9-12-6-7-13-5-3-4-10(13)8-12/h3-5,8H,2,6-7,9H2,1H3/q+1. The fourth-order valence-corrected chi connectivity index (χ4v) is 1.73. The van der Waals surface area contributed by atoms with Crippen molar-refractivity contribution >= 4 is 12.2 Å². The maximum absolute atomic E-state index is 11.3. The van der Waals surface area contributed by atoms with E-state index in [1.165, 1.54) is 0 Å². The van der Waals surface area contributed by atoms with Gasteiger partial charge in [-0.25, -0.2) is 9.37 Å². The van der Waals surface area contributed by atoms with Gasteiger partial charge in [-0.3, -0.25) is 0 Å². The van der Waals surface area contributed by atoms with Gasteiger partial charge in [0.25, 0.3) is 0 Å². The summed E-state index contributed by atoms with van der Waals surface area (Å²) in [6.07, 6.45) is 4.05. The zero-order valence-corrected chi connectivity index (χ0v) is 8.85. The number of aromatic nitrogens is 1. The Morgan fingerprint density at radius 2 is 2.53 bits per heavy atom. The van der Waals surface area contributed by atoms with E-state index in [0.717, 1.165) is 18.8 Å². The summed E-state index contributed by atoms with van der Waals surface area (Å²) < 4.78 is 9.07. The summed E-state index contributed by atoms with van der Waals surface area (Å²) in [6.45, 7) is 4.41. The van der Waals surface area contributed by atoms with Crippen molar-refractivity contribution in [2.75, 3.05) is 19.7 Å². The van der Waals surface area contributed by atoms with Gasteiger partial charge in [-0.15, -0.1) is 0 Å². The Hall–Kier alpha value is -1.58. The fourth-order valence-electron chi connectivity index (χ4n) is 1.73. The van der Waals surface area contributed by atoms with Crippen LogP contribution in [0.15, 0.2) is 18.3 Å². The van der Waals surface area contributed by atoms with E-state index in [2.05, 4.69) is 4.57 Å². The Labute approximate surface area is 88.8 Å². The largest absolute Gasteiger partial charge is 0.461 e. The van der Waals surface area contributed by atoms with E-state index in [1.807, 2.05) is 36.0 Å². The molecular weight excluding hydrogens is 192 g/mol. The zero-order chi connectivity index (χ0) is 10.7. The number of fused-ring (bicyclic) bond motifs is 1. The first-order valence-corrected chi connectivity index (χ1v) is 5.19. The van der Waals surface area contributed by atoms with Crippen molar-refractivity contribution in [2.45, 2.75) is 13.5 Å². The van der Waals surface area contributed by atoms with Gasteiger partial charge in [-0.05, 0) is 19.1 Å². The molecule has 0 N–H and O–H groups in total.